The van der Waals surface area contributed by atoms with E-state index in [1.54, 1.807) is 0 Å². The van der Waals surface area contributed by atoms with E-state index in [9.17, 15) is 23.1 Å². The fraction of sp³-hybridized carbons (Fsp3) is 0.273. The third kappa shape index (κ3) is 2.33. The van der Waals surface area contributed by atoms with E-state index in [0.29, 0.717) is 4.40 Å². The van der Waals surface area contributed by atoms with Crippen molar-refractivity contribution in [3.8, 4) is 5.75 Å². The Morgan fingerprint density at radius 3 is 2.74 bits per heavy atom. The fourth-order valence-electron chi connectivity index (χ4n) is 1.65. The van der Waals surface area contributed by atoms with Crippen LogP contribution in [0, 0.1) is 0 Å². The van der Waals surface area contributed by atoms with Crippen molar-refractivity contribution in [3.05, 3.63) is 29.7 Å². The number of rotatable bonds is 2. The van der Waals surface area contributed by atoms with E-state index in [1.807, 2.05) is 0 Å². The summed E-state index contributed by atoms with van der Waals surface area (Å²) in [5, 5.41) is 9.24. The Bertz CT molecular complexity index is 634. The highest BCUT2D eigenvalue weighted by molar-refractivity contribution is 5.90. The number of fused-ring (bicyclic) bond motifs is 1. The van der Waals surface area contributed by atoms with E-state index in [2.05, 4.69) is 9.72 Å². The average molecular weight is 274 g/mol. The second-order valence-electron chi connectivity index (χ2n) is 3.64. The molecule has 8 heteroatoms. The van der Waals surface area contributed by atoms with Crippen LogP contribution in [0.1, 0.15) is 23.1 Å². The molecule has 1 N–H and O–H groups in total. The smallest absolute Gasteiger partial charge is 0.434 e. The molecule has 0 fully saturated rings. The molecule has 2 aromatic rings. The van der Waals surface area contributed by atoms with Gasteiger partial charge in [-0.1, -0.05) is 0 Å². The average Bonchev–Trinajstić information content (AvgIpc) is 2.67. The zero-order chi connectivity index (χ0) is 14.2. The fourth-order valence-corrected chi connectivity index (χ4v) is 1.65. The van der Waals surface area contributed by atoms with Gasteiger partial charge in [0, 0.05) is 0 Å². The molecule has 0 radical (unpaired) electrons. The first-order valence-corrected chi connectivity index (χ1v) is 5.30. The van der Waals surface area contributed by atoms with Gasteiger partial charge in [0.05, 0.1) is 12.8 Å². The second kappa shape index (κ2) is 4.45. The lowest BCUT2D eigenvalue weighted by molar-refractivity contribution is -0.142. The molecule has 0 aliphatic carbocycles. The summed E-state index contributed by atoms with van der Waals surface area (Å²) in [6.45, 7) is 1.42. The molecule has 0 aliphatic heterocycles. The largest absolute Gasteiger partial charge is 0.506 e. The van der Waals surface area contributed by atoms with E-state index < -0.39 is 23.5 Å². The maximum Gasteiger partial charge on any atom is 0.434 e. The molecule has 0 saturated heterocycles. The number of halogens is 3. The Hall–Kier alpha value is -2.25. The third-order valence-electron chi connectivity index (χ3n) is 2.34. The standard InChI is InChI=1S/C11H9F3N2O3/c1-2-19-10(18)8-9(11(12,13)14)16-5-6(17)3-4-7(16)15-8/h3-5,17H,2H2,1H3. The summed E-state index contributed by atoms with van der Waals surface area (Å²) in [4.78, 5) is 15.1. The number of esters is 1. The number of imidazole rings is 1. The van der Waals surface area contributed by atoms with Crippen molar-refractivity contribution in [1.29, 1.82) is 0 Å². The Morgan fingerprint density at radius 2 is 2.16 bits per heavy atom. The molecule has 0 atom stereocenters. The van der Waals surface area contributed by atoms with Crippen LogP contribution in [-0.2, 0) is 10.9 Å². The number of alkyl halides is 3. The summed E-state index contributed by atoms with van der Waals surface area (Å²) < 4.78 is 44.1. The normalized spacial score (nSPS) is 11.8. The number of ether oxygens (including phenoxy) is 1. The van der Waals surface area contributed by atoms with Crippen LogP contribution in [0.5, 0.6) is 5.75 Å². The molecule has 0 unspecified atom stereocenters. The number of hydrogen-bond acceptors (Lipinski definition) is 4. The van der Waals surface area contributed by atoms with Gasteiger partial charge in [0.25, 0.3) is 0 Å². The first-order chi connectivity index (χ1) is 8.84. The van der Waals surface area contributed by atoms with Crippen LogP contribution < -0.4 is 0 Å². The summed E-state index contributed by atoms with van der Waals surface area (Å²) in [5.74, 6) is -1.52. The molecule has 2 rings (SSSR count). The van der Waals surface area contributed by atoms with Gasteiger partial charge in [0.2, 0.25) is 0 Å². The molecule has 0 amide bonds. The van der Waals surface area contributed by atoms with Crippen LogP contribution in [0.25, 0.3) is 5.65 Å². The number of aromatic nitrogens is 2. The van der Waals surface area contributed by atoms with Crippen LogP contribution in [0.4, 0.5) is 13.2 Å². The Balaban J connectivity index is 2.73. The van der Waals surface area contributed by atoms with Crippen molar-refractivity contribution < 1.29 is 27.8 Å². The predicted octanol–water partition coefficient (Wildman–Crippen LogP) is 2.24. The maximum absolute atomic E-state index is 13.0. The Kier molecular flexibility index (Phi) is 3.09. The van der Waals surface area contributed by atoms with Crippen LogP contribution in [0.3, 0.4) is 0 Å². The Labute approximate surface area is 105 Å². The van der Waals surface area contributed by atoms with Gasteiger partial charge in [-0.25, -0.2) is 9.78 Å². The zero-order valence-electron chi connectivity index (χ0n) is 9.73. The molecule has 0 aliphatic rings. The number of aromatic hydroxyl groups is 1. The summed E-state index contributed by atoms with van der Waals surface area (Å²) in [7, 11) is 0. The highest BCUT2D eigenvalue weighted by Crippen LogP contribution is 2.33. The van der Waals surface area contributed by atoms with Gasteiger partial charge in [-0.15, -0.1) is 0 Å². The quantitative estimate of drug-likeness (QED) is 0.853. The molecule has 2 aromatic heterocycles. The van der Waals surface area contributed by atoms with Crippen molar-refractivity contribution in [2.75, 3.05) is 6.61 Å². The summed E-state index contributed by atoms with van der Waals surface area (Å²) in [6.07, 6.45) is -3.96. The lowest BCUT2D eigenvalue weighted by Gasteiger charge is -2.08. The number of carbonyl (C=O) groups excluding carboxylic acids is 1. The van der Waals surface area contributed by atoms with Gasteiger partial charge in [-0.05, 0) is 19.1 Å². The van der Waals surface area contributed by atoms with Gasteiger partial charge >= 0.3 is 12.1 Å². The van der Waals surface area contributed by atoms with Crippen LogP contribution in [0.15, 0.2) is 18.3 Å². The minimum atomic E-state index is -4.80. The van der Waals surface area contributed by atoms with Crippen LogP contribution >= 0.6 is 0 Å². The summed E-state index contributed by atoms with van der Waals surface area (Å²) >= 11 is 0. The minimum absolute atomic E-state index is 0.0603. The summed E-state index contributed by atoms with van der Waals surface area (Å²) in [5.41, 5.74) is -2.19. The van der Waals surface area contributed by atoms with E-state index >= 15 is 0 Å². The molecule has 5 nitrogen and oxygen atoms in total. The highest BCUT2D eigenvalue weighted by atomic mass is 19.4. The van der Waals surface area contributed by atoms with Crippen LogP contribution in [-0.4, -0.2) is 27.1 Å². The number of nitrogens with zero attached hydrogens (tertiary/aromatic N) is 2. The SMILES string of the molecule is CCOC(=O)c1nc2ccc(O)cn2c1C(F)(F)F. The van der Waals surface area contributed by atoms with Gasteiger partial charge in [0.1, 0.15) is 11.4 Å². The van der Waals surface area contributed by atoms with E-state index in [-0.39, 0.29) is 18.0 Å². The lowest BCUT2D eigenvalue weighted by atomic mass is 10.3. The second-order valence-corrected chi connectivity index (χ2v) is 3.64. The molecular formula is C11H9F3N2O3. The molecule has 102 valence electrons. The highest BCUT2D eigenvalue weighted by Gasteiger charge is 2.40. The molecule has 0 aromatic carbocycles. The monoisotopic (exact) mass is 274 g/mol. The third-order valence-corrected chi connectivity index (χ3v) is 2.34. The Morgan fingerprint density at radius 1 is 1.47 bits per heavy atom. The molecule has 0 saturated carbocycles. The van der Waals surface area contributed by atoms with Gasteiger partial charge in [-0.3, -0.25) is 4.40 Å². The number of pyridine rings is 1. The van der Waals surface area contributed by atoms with E-state index in [0.717, 1.165) is 6.20 Å². The minimum Gasteiger partial charge on any atom is -0.506 e. The molecule has 19 heavy (non-hydrogen) atoms. The molecule has 2 heterocycles. The van der Waals surface area contributed by atoms with Crippen molar-refractivity contribution in [1.82, 2.24) is 9.38 Å². The first kappa shape index (κ1) is 13.2. The topological polar surface area (TPSA) is 63.8 Å². The van der Waals surface area contributed by atoms with Crippen molar-refractivity contribution in [3.63, 3.8) is 0 Å². The van der Waals surface area contributed by atoms with Gasteiger partial charge in [0.15, 0.2) is 11.4 Å². The number of carbonyl (C=O) groups is 1. The van der Waals surface area contributed by atoms with Crippen molar-refractivity contribution >= 4 is 11.6 Å². The van der Waals surface area contributed by atoms with E-state index in [4.69, 9.17) is 0 Å². The molecule has 0 spiro atoms. The zero-order valence-corrected chi connectivity index (χ0v) is 9.73. The van der Waals surface area contributed by atoms with Crippen LogP contribution in [0.2, 0.25) is 0 Å². The first-order valence-electron chi connectivity index (χ1n) is 5.30. The van der Waals surface area contributed by atoms with Crippen molar-refractivity contribution in [2.24, 2.45) is 0 Å². The van der Waals surface area contributed by atoms with Gasteiger partial charge in [-0.2, -0.15) is 13.2 Å². The van der Waals surface area contributed by atoms with Crippen molar-refractivity contribution in [2.45, 2.75) is 13.1 Å². The number of hydrogen-bond donors (Lipinski definition) is 1. The van der Waals surface area contributed by atoms with Gasteiger partial charge < -0.3 is 9.84 Å². The molecular weight excluding hydrogens is 265 g/mol. The molecule has 0 bridgehead atoms. The predicted molar refractivity (Wildman–Crippen MR) is 57.8 cm³/mol. The maximum atomic E-state index is 13.0. The summed E-state index contributed by atoms with van der Waals surface area (Å²) in [6, 6.07) is 2.35. The lowest BCUT2D eigenvalue weighted by Crippen LogP contribution is -2.16. The van der Waals surface area contributed by atoms with E-state index in [1.165, 1.54) is 19.1 Å².